The van der Waals surface area contributed by atoms with Crippen molar-refractivity contribution in [1.29, 1.82) is 0 Å². The summed E-state index contributed by atoms with van der Waals surface area (Å²) in [4.78, 5) is 12.8. The highest BCUT2D eigenvalue weighted by molar-refractivity contribution is 7.92. The summed E-state index contributed by atoms with van der Waals surface area (Å²) in [5, 5.41) is 10.8. The SMILES string of the molecule is O=C([O-])c1ccc(S(=O)(=O)Nc2ccccc2N2CCOCC2)cc1. The maximum Gasteiger partial charge on any atom is 0.261 e. The zero-order valence-electron chi connectivity index (χ0n) is 13.3. The fourth-order valence-corrected chi connectivity index (χ4v) is 3.69. The minimum atomic E-state index is -3.84. The predicted molar refractivity (Wildman–Crippen MR) is 91.1 cm³/mol. The number of nitrogens with one attached hydrogen (secondary N) is 1. The van der Waals surface area contributed by atoms with Crippen molar-refractivity contribution in [2.24, 2.45) is 0 Å². The molecule has 0 bridgehead atoms. The normalized spacial score (nSPS) is 15.0. The van der Waals surface area contributed by atoms with E-state index in [9.17, 15) is 18.3 Å². The van der Waals surface area contributed by atoms with Crippen LogP contribution < -0.4 is 14.7 Å². The molecule has 3 rings (SSSR count). The number of carbonyl (C=O) groups is 1. The maximum atomic E-state index is 12.6. The Morgan fingerprint density at radius 3 is 2.32 bits per heavy atom. The monoisotopic (exact) mass is 361 g/mol. The van der Waals surface area contributed by atoms with Crippen LogP contribution in [0.2, 0.25) is 0 Å². The number of carboxylic acid groups (broad SMARTS) is 1. The van der Waals surface area contributed by atoms with Crippen molar-refractivity contribution >= 4 is 27.4 Å². The van der Waals surface area contributed by atoms with Crippen LogP contribution in [0.4, 0.5) is 11.4 Å². The lowest BCUT2D eigenvalue weighted by atomic mass is 10.2. The number of carbonyl (C=O) groups excluding carboxylic acids is 1. The summed E-state index contributed by atoms with van der Waals surface area (Å²) in [7, 11) is -3.84. The molecule has 1 aliphatic heterocycles. The van der Waals surface area contributed by atoms with Crippen LogP contribution in [-0.4, -0.2) is 40.7 Å². The van der Waals surface area contributed by atoms with Crippen LogP contribution in [0.5, 0.6) is 0 Å². The van der Waals surface area contributed by atoms with Gasteiger partial charge in [-0.05, 0) is 29.8 Å². The lowest BCUT2D eigenvalue weighted by molar-refractivity contribution is -0.255. The van der Waals surface area contributed by atoms with E-state index in [2.05, 4.69) is 9.62 Å². The average molecular weight is 361 g/mol. The minimum Gasteiger partial charge on any atom is -0.545 e. The molecule has 0 radical (unpaired) electrons. The topological polar surface area (TPSA) is 98.8 Å². The molecule has 2 aromatic rings. The number of morpholine rings is 1. The molecule has 0 atom stereocenters. The van der Waals surface area contributed by atoms with E-state index < -0.39 is 16.0 Å². The molecule has 132 valence electrons. The molecule has 1 aliphatic rings. The molecule has 7 nitrogen and oxygen atoms in total. The molecule has 0 unspecified atom stereocenters. The first kappa shape index (κ1) is 17.2. The molecule has 1 saturated heterocycles. The lowest BCUT2D eigenvalue weighted by Gasteiger charge is -2.30. The largest absolute Gasteiger partial charge is 0.545 e. The van der Waals surface area contributed by atoms with Gasteiger partial charge in [0.25, 0.3) is 10.0 Å². The van der Waals surface area contributed by atoms with Gasteiger partial charge in [-0.25, -0.2) is 8.42 Å². The summed E-state index contributed by atoms with van der Waals surface area (Å²) in [6.07, 6.45) is 0. The molecule has 0 amide bonds. The van der Waals surface area contributed by atoms with Crippen LogP contribution in [0.3, 0.4) is 0 Å². The summed E-state index contributed by atoms with van der Waals surface area (Å²) in [5.74, 6) is -1.35. The smallest absolute Gasteiger partial charge is 0.261 e. The van der Waals surface area contributed by atoms with Gasteiger partial charge in [-0.15, -0.1) is 0 Å². The van der Waals surface area contributed by atoms with E-state index in [0.29, 0.717) is 32.0 Å². The van der Waals surface area contributed by atoms with Gasteiger partial charge in [0, 0.05) is 13.1 Å². The van der Waals surface area contributed by atoms with Gasteiger partial charge in [0.2, 0.25) is 0 Å². The van der Waals surface area contributed by atoms with Crippen molar-refractivity contribution in [3.8, 4) is 0 Å². The third kappa shape index (κ3) is 3.92. The fraction of sp³-hybridized carbons (Fsp3) is 0.235. The third-order valence-corrected chi connectivity index (χ3v) is 5.28. The highest BCUT2D eigenvalue weighted by atomic mass is 32.2. The first-order chi connectivity index (χ1) is 12.0. The molecule has 0 spiro atoms. The van der Waals surface area contributed by atoms with Crippen molar-refractivity contribution in [1.82, 2.24) is 0 Å². The first-order valence-electron chi connectivity index (χ1n) is 7.73. The lowest BCUT2D eigenvalue weighted by Crippen LogP contribution is -2.36. The number of para-hydroxylation sites is 2. The Labute approximate surface area is 145 Å². The van der Waals surface area contributed by atoms with Crippen molar-refractivity contribution < 1.29 is 23.1 Å². The van der Waals surface area contributed by atoms with E-state index in [1.54, 1.807) is 12.1 Å². The van der Waals surface area contributed by atoms with Crippen LogP contribution in [0, 0.1) is 0 Å². The van der Waals surface area contributed by atoms with Crippen molar-refractivity contribution in [3.63, 3.8) is 0 Å². The molecular weight excluding hydrogens is 344 g/mol. The molecule has 1 fully saturated rings. The molecule has 0 aromatic heterocycles. The number of benzene rings is 2. The number of hydrogen-bond donors (Lipinski definition) is 1. The van der Waals surface area contributed by atoms with Gasteiger partial charge in [0.1, 0.15) is 0 Å². The predicted octanol–water partition coefficient (Wildman–Crippen LogP) is 0.687. The number of carboxylic acids is 1. The van der Waals surface area contributed by atoms with Gasteiger partial charge < -0.3 is 19.5 Å². The number of sulfonamides is 1. The molecule has 2 aromatic carbocycles. The number of nitrogens with zero attached hydrogens (tertiary/aromatic N) is 1. The number of rotatable bonds is 5. The molecule has 1 heterocycles. The van der Waals surface area contributed by atoms with Gasteiger partial charge in [-0.1, -0.05) is 24.3 Å². The summed E-state index contributed by atoms with van der Waals surface area (Å²) in [6, 6.07) is 12.0. The van der Waals surface area contributed by atoms with Crippen LogP contribution in [0.25, 0.3) is 0 Å². The van der Waals surface area contributed by atoms with Crippen molar-refractivity contribution in [2.75, 3.05) is 35.9 Å². The van der Waals surface area contributed by atoms with Crippen molar-refractivity contribution in [2.45, 2.75) is 4.90 Å². The van der Waals surface area contributed by atoms with E-state index in [0.717, 1.165) is 5.69 Å². The van der Waals surface area contributed by atoms with Crippen LogP contribution >= 0.6 is 0 Å². The standard InChI is InChI=1S/C17H18N2O5S/c20-17(21)13-5-7-14(8-6-13)25(22,23)18-15-3-1-2-4-16(15)19-9-11-24-12-10-19/h1-8,18H,9-12H2,(H,20,21)/p-1. The highest BCUT2D eigenvalue weighted by Crippen LogP contribution is 2.28. The van der Waals surface area contributed by atoms with Crippen LogP contribution in [0.15, 0.2) is 53.4 Å². The molecule has 1 N–H and O–H groups in total. The van der Waals surface area contributed by atoms with Gasteiger partial charge in [0.15, 0.2) is 0 Å². The number of anilines is 2. The van der Waals surface area contributed by atoms with Crippen LogP contribution in [-0.2, 0) is 14.8 Å². The maximum absolute atomic E-state index is 12.6. The van der Waals surface area contributed by atoms with Gasteiger partial charge in [-0.3, -0.25) is 4.72 Å². The Kier molecular flexibility index (Phi) is 4.91. The first-order valence-corrected chi connectivity index (χ1v) is 9.22. The second-order valence-electron chi connectivity index (χ2n) is 5.53. The highest BCUT2D eigenvalue weighted by Gasteiger charge is 2.19. The van der Waals surface area contributed by atoms with Gasteiger partial charge in [0.05, 0.1) is 35.5 Å². The van der Waals surface area contributed by atoms with Gasteiger partial charge >= 0.3 is 0 Å². The molecule has 0 saturated carbocycles. The van der Waals surface area contributed by atoms with E-state index >= 15 is 0 Å². The molecule has 0 aliphatic carbocycles. The Balaban J connectivity index is 1.87. The molecule has 8 heteroatoms. The second kappa shape index (κ2) is 7.12. The summed E-state index contributed by atoms with van der Waals surface area (Å²) >= 11 is 0. The number of aromatic carboxylic acids is 1. The Bertz CT molecular complexity index is 859. The quantitative estimate of drug-likeness (QED) is 0.841. The zero-order valence-corrected chi connectivity index (χ0v) is 14.2. The van der Waals surface area contributed by atoms with E-state index in [-0.39, 0.29) is 10.5 Å². The minimum absolute atomic E-state index is 0.0192. The third-order valence-electron chi connectivity index (χ3n) is 3.90. The van der Waals surface area contributed by atoms with E-state index in [1.807, 2.05) is 12.1 Å². The van der Waals surface area contributed by atoms with Crippen LogP contribution in [0.1, 0.15) is 10.4 Å². The molecule has 25 heavy (non-hydrogen) atoms. The summed E-state index contributed by atoms with van der Waals surface area (Å²) in [6.45, 7) is 2.54. The number of ether oxygens (including phenoxy) is 1. The fourth-order valence-electron chi connectivity index (χ4n) is 2.61. The van der Waals surface area contributed by atoms with E-state index in [1.165, 1.54) is 24.3 Å². The van der Waals surface area contributed by atoms with E-state index in [4.69, 9.17) is 4.74 Å². The Morgan fingerprint density at radius 1 is 1.04 bits per heavy atom. The summed E-state index contributed by atoms with van der Waals surface area (Å²) in [5.41, 5.74) is 1.17. The Morgan fingerprint density at radius 2 is 1.68 bits per heavy atom. The summed E-state index contributed by atoms with van der Waals surface area (Å²) < 4.78 is 33.1. The second-order valence-corrected chi connectivity index (χ2v) is 7.22. The zero-order chi connectivity index (χ0) is 17.9. The Hall–Kier alpha value is -2.58. The van der Waals surface area contributed by atoms with Gasteiger partial charge in [-0.2, -0.15) is 0 Å². The molecular formula is C17H17N2O5S-. The number of hydrogen-bond acceptors (Lipinski definition) is 6. The van der Waals surface area contributed by atoms with Crippen molar-refractivity contribution in [3.05, 3.63) is 54.1 Å². The average Bonchev–Trinajstić information content (AvgIpc) is 2.63.